The van der Waals surface area contributed by atoms with Crippen molar-refractivity contribution in [3.05, 3.63) is 18.8 Å². The molecule has 0 aliphatic heterocycles. The van der Waals surface area contributed by atoms with E-state index in [0.717, 1.165) is 0 Å². The third-order valence-corrected chi connectivity index (χ3v) is 1.26. The van der Waals surface area contributed by atoms with Crippen molar-refractivity contribution >= 4 is 16.8 Å². The number of anilines is 1. The van der Waals surface area contributed by atoms with E-state index in [1.165, 1.54) is 12.6 Å². The molecule has 4 heteroatoms. The lowest BCUT2D eigenvalue weighted by Gasteiger charge is -1.83. The fourth-order valence-electron chi connectivity index (χ4n) is 0.803. The van der Waals surface area contributed by atoms with Crippen LogP contribution in [-0.2, 0) is 0 Å². The number of hydrogen-bond acceptors (Lipinski definition) is 4. The Morgan fingerprint density at radius 2 is 2.40 bits per heavy atom. The molecule has 10 heavy (non-hydrogen) atoms. The molecule has 0 aliphatic carbocycles. The Hall–Kier alpha value is -1.58. The highest BCUT2D eigenvalue weighted by molar-refractivity contribution is 5.83. The summed E-state index contributed by atoms with van der Waals surface area (Å²) in [6, 6.07) is 0. The van der Waals surface area contributed by atoms with Gasteiger partial charge in [-0.25, -0.2) is 9.97 Å². The maximum Gasteiger partial charge on any atom is 0.172 e. The molecule has 0 atom stereocenters. The smallest absolute Gasteiger partial charge is 0.172 e. The van der Waals surface area contributed by atoms with E-state index in [4.69, 9.17) is 10.2 Å². The van der Waals surface area contributed by atoms with Crippen molar-refractivity contribution in [1.82, 2.24) is 9.97 Å². The van der Waals surface area contributed by atoms with Crippen LogP contribution in [0.4, 0.5) is 5.69 Å². The second-order valence-corrected chi connectivity index (χ2v) is 1.93. The second-order valence-electron chi connectivity index (χ2n) is 1.93. The second kappa shape index (κ2) is 1.70. The Labute approximate surface area is 56.7 Å². The molecule has 50 valence electrons. The van der Waals surface area contributed by atoms with Gasteiger partial charge in [0, 0.05) is 0 Å². The molecule has 2 aromatic heterocycles. The molecule has 0 aliphatic rings. The van der Waals surface area contributed by atoms with E-state index in [2.05, 4.69) is 9.97 Å². The first kappa shape index (κ1) is 5.22. The molecule has 0 amide bonds. The third-order valence-electron chi connectivity index (χ3n) is 1.26. The van der Waals surface area contributed by atoms with E-state index >= 15 is 0 Å². The minimum atomic E-state index is 0.553. The Kier molecular flexibility index (Phi) is 0.887. The van der Waals surface area contributed by atoms with Gasteiger partial charge < -0.3 is 10.2 Å². The van der Waals surface area contributed by atoms with Crippen LogP contribution in [0.15, 0.2) is 23.2 Å². The predicted molar refractivity (Wildman–Crippen MR) is 36.2 cm³/mol. The van der Waals surface area contributed by atoms with Crippen LogP contribution in [0.5, 0.6) is 0 Å². The number of furan rings is 1. The first-order chi connectivity index (χ1) is 4.88. The Balaban J connectivity index is 2.93. The van der Waals surface area contributed by atoms with E-state index < -0.39 is 0 Å². The van der Waals surface area contributed by atoms with E-state index in [1.807, 2.05) is 0 Å². The Bertz CT molecular complexity index is 355. The van der Waals surface area contributed by atoms with Crippen LogP contribution in [0.1, 0.15) is 0 Å². The van der Waals surface area contributed by atoms with Gasteiger partial charge in [0.2, 0.25) is 0 Å². The molecule has 0 bridgehead atoms. The first-order valence-electron chi connectivity index (χ1n) is 2.80. The summed E-state index contributed by atoms with van der Waals surface area (Å²) in [4.78, 5) is 7.68. The molecule has 0 radical (unpaired) electrons. The molecule has 0 unspecified atom stereocenters. The minimum Gasteiger partial charge on any atom is -0.459 e. The topological polar surface area (TPSA) is 64.9 Å². The lowest BCUT2D eigenvalue weighted by atomic mass is 10.4. The quantitative estimate of drug-likeness (QED) is 0.580. The number of aromatic nitrogens is 2. The van der Waals surface area contributed by atoms with Crippen LogP contribution < -0.4 is 5.73 Å². The summed E-state index contributed by atoms with van der Waals surface area (Å²) in [6.07, 6.45) is 4.48. The maximum atomic E-state index is 5.49. The minimum absolute atomic E-state index is 0.553. The zero-order valence-corrected chi connectivity index (χ0v) is 5.11. The van der Waals surface area contributed by atoms with Crippen LogP contribution in [0, 0.1) is 0 Å². The number of nitrogens with two attached hydrogens (primary N) is 1. The number of nitrogens with zero attached hydrogens (tertiary/aromatic N) is 2. The zero-order chi connectivity index (χ0) is 6.97. The van der Waals surface area contributed by atoms with Crippen LogP contribution in [0.2, 0.25) is 0 Å². The van der Waals surface area contributed by atoms with Crippen LogP contribution in [0.3, 0.4) is 0 Å². The summed E-state index contributed by atoms with van der Waals surface area (Å²) in [5.74, 6) is 0. The first-order valence-corrected chi connectivity index (χ1v) is 2.80. The summed E-state index contributed by atoms with van der Waals surface area (Å²) in [5.41, 5.74) is 7.35. The molecular weight excluding hydrogens is 130 g/mol. The van der Waals surface area contributed by atoms with Crippen molar-refractivity contribution in [3.8, 4) is 0 Å². The lowest BCUT2D eigenvalue weighted by Crippen LogP contribution is -1.83. The van der Waals surface area contributed by atoms with Gasteiger partial charge >= 0.3 is 0 Å². The highest BCUT2D eigenvalue weighted by atomic mass is 16.3. The van der Waals surface area contributed by atoms with Crippen LogP contribution >= 0.6 is 0 Å². The predicted octanol–water partition coefficient (Wildman–Crippen LogP) is 0.805. The molecular formula is C6H5N3O. The molecule has 0 fully saturated rings. The van der Waals surface area contributed by atoms with Gasteiger partial charge in [-0.3, -0.25) is 0 Å². The number of nitrogen functional groups attached to an aromatic ring is 1. The largest absolute Gasteiger partial charge is 0.459 e. The zero-order valence-electron chi connectivity index (χ0n) is 5.11. The van der Waals surface area contributed by atoms with Crippen molar-refractivity contribution in [3.63, 3.8) is 0 Å². The molecule has 2 rings (SSSR count). The summed E-state index contributed by atoms with van der Waals surface area (Å²) in [6.45, 7) is 0. The van der Waals surface area contributed by atoms with Crippen molar-refractivity contribution in [2.24, 2.45) is 0 Å². The average molecular weight is 135 g/mol. The van der Waals surface area contributed by atoms with E-state index in [1.54, 1.807) is 6.20 Å². The molecule has 2 heterocycles. The van der Waals surface area contributed by atoms with Gasteiger partial charge in [-0.2, -0.15) is 0 Å². The molecule has 0 spiro atoms. The van der Waals surface area contributed by atoms with Crippen molar-refractivity contribution in [2.75, 3.05) is 5.73 Å². The normalized spacial score (nSPS) is 10.4. The van der Waals surface area contributed by atoms with Gasteiger partial charge in [-0.05, 0) is 0 Å². The number of rotatable bonds is 0. The Morgan fingerprint density at radius 3 is 3.20 bits per heavy atom. The highest BCUT2D eigenvalue weighted by Crippen LogP contribution is 2.17. The van der Waals surface area contributed by atoms with E-state index in [-0.39, 0.29) is 0 Å². The molecule has 0 saturated heterocycles. The summed E-state index contributed by atoms with van der Waals surface area (Å²) in [7, 11) is 0. The SMILES string of the molecule is Nc1coc2cncnc12. The van der Waals surface area contributed by atoms with Crippen molar-refractivity contribution in [1.29, 1.82) is 0 Å². The molecule has 0 aromatic carbocycles. The fraction of sp³-hybridized carbons (Fsp3) is 0. The van der Waals surface area contributed by atoms with E-state index in [9.17, 15) is 0 Å². The number of hydrogen-bond donors (Lipinski definition) is 1. The van der Waals surface area contributed by atoms with E-state index in [0.29, 0.717) is 16.8 Å². The van der Waals surface area contributed by atoms with Crippen molar-refractivity contribution in [2.45, 2.75) is 0 Å². The fourth-order valence-corrected chi connectivity index (χ4v) is 0.803. The molecule has 2 aromatic rings. The van der Waals surface area contributed by atoms with Gasteiger partial charge in [-0.15, -0.1) is 0 Å². The van der Waals surface area contributed by atoms with Gasteiger partial charge in [0.15, 0.2) is 5.58 Å². The standard InChI is InChI=1S/C6H5N3O/c7-4-2-10-5-1-8-3-9-6(4)5/h1-3H,7H2. The van der Waals surface area contributed by atoms with Gasteiger partial charge in [0.25, 0.3) is 0 Å². The maximum absolute atomic E-state index is 5.49. The molecule has 4 nitrogen and oxygen atoms in total. The highest BCUT2D eigenvalue weighted by Gasteiger charge is 2.00. The van der Waals surface area contributed by atoms with Crippen molar-refractivity contribution < 1.29 is 4.42 Å². The molecule has 0 saturated carbocycles. The summed E-state index contributed by atoms with van der Waals surface area (Å²) < 4.78 is 5.00. The Morgan fingerprint density at radius 1 is 1.50 bits per heavy atom. The van der Waals surface area contributed by atoms with Crippen LogP contribution in [-0.4, -0.2) is 9.97 Å². The van der Waals surface area contributed by atoms with Crippen LogP contribution in [0.25, 0.3) is 11.1 Å². The monoisotopic (exact) mass is 135 g/mol. The third kappa shape index (κ3) is 0.556. The van der Waals surface area contributed by atoms with Gasteiger partial charge in [0.05, 0.1) is 11.9 Å². The average Bonchev–Trinajstić information content (AvgIpc) is 2.34. The summed E-state index contributed by atoms with van der Waals surface area (Å²) in [5, 5.41) is 0. The van der Waals surface area contributed by atoms with Gasteiger partial charge in [0.1, 0.15) is 18.1 Å². The lowest BCUT2D eigenvalue weighted by molar-refractivity contribution is 0.615. The van der Waals surface area contributed by atoms with Gasteiger partial charge in [-0.1, -0.05) is 0 Å². The molecule has 2 N–H and O–H groups in total. The summed E-state index contributed by atoms with van der Waals surface area (Å²) >= 11 is 0. The number of fused-ring (bicyclic) bond motifs is 1.